The highest BCUT2D eigenvalue weighted by atomic mass is 19.3. The van der Waals surface area contributed by atoms with Crippen molar-refractivity contribution in [2.24, 2.45) is 0 Å². The van der Waals surface area contributed by atoms with E-state index in [1.807, 2.05) is 17.0 Å². The summed E-state index contributed by atoms with van der Waals surface area (Å²) in [6.45, 7) is 3.48. The Labute approximate surface area is 139 Å². The Morgan fingerprint density at radius 1 is 1.33 bits per heavy atom. The molecule has 2 bridgehead atoms. The Balaban J connectivity index is 1.62. The van der Waals surface area contributed by atoms with Gasteiger partial charge in [0, 0.05) is 51.0 Å². The number of nitriles is 1. The van der Waals surface area contributed by atoms with Crippen molar-refractivity contribution in [3.8, 4) is 6.07 Å². The number of hydrogen-bond acceptors (Lipinski definition) is 6. The number of rotatable bonds is 2. The largest absolute Gasteiger partial charge is 0.371 e. The predicted molar refractivity (Wildman–Crippen MR) is 83.2 cm³/mol. The topological polar surface area (TPSA) is 65.3 Å². The standard InChI is InChI=1S/C16H19F2N5O/c1-10-6-16(17,18)2-3-23(10)14-5-15(21-20-13(14)7-19)22-8-11-4-12(9-22)24-11/h5,10-12H,2-4,6,8-9H2,1H3. The maximum Gasteiger partial charge on any atom is 0.251 e. The number of ether oxygens (including phenoxy) is 1. The molecule has 5 heterocycles. The van der Waals surface area contributed by atoms with Crippen molar-refractivity contribution in [1.82, 2.24) is 10.2 Å². The second-order valence-corrected chi connectivity index (χ2v) is 6.92. The van der Waals surface area contributed by atoms with Crippen molar-refractivity contribution in [2.45, 2.75) is 50.4 Å². The van der Waals surface area contributed by atoms with E-state index in [2.05, 4.69) is 15.1 Å². The van der Waals surface area contributed by atoms with Gasteiger partial charge >= 0.3 is 0 Å². The van der Waals surface area contributed by atoms with Crippen LogP contribution in [0.15, 0.2) is 6.07 Å². The lowest BCUT2D eigenvalue weighted by Gasteiger charge is -2.47. The third kappa shape index (κ3) is 2.67. The van der Waals surface area contributed by atoms with Gasteiger partial charge in [0.2, 0.25) is 0 Å². The summed E-state index contributed by atoms with van der Waals surface area (Å²) in [4.78, 5) is 3.96. The SMILES string of the molecule is CC1CC(F)(F)CCN1c1cc(N2CC3CC(C2)O3)nnc1C#N. The van der Waals surface area contributed by atoms with Crippen molar-refractivity contribution < 1.29 is 13.5 Å². The van der Waals surface area contributed by atoms with Gasteiger partial charge in [0.1, 0.15) is 6.07 Å². The number of halogens is 2. The molecule has 6 nitrogen and oxygen atoms in total. The molecule has 4 aliphatic heterocycles. The first kappa shape index (κ1) is 15.5. The van der Waals surface area contributed by atoms with Crippen LogP contribution in [0.1, 0.15) is 31.9 Å². The molecule has 3 atom stereocenters. The molecule has 1 aromatic heterocycles. The van der Waals surface area contributed by atoms with Gasteiger partial charge in [-0.1, -0.05) is 0 Å². The van der Waals surface area contributed by atoms with Crippen molar-refractivity contribution >= 4 is 11.5 Å². The number of hydrogen-bond donors (Lipinski definition) is 0. The van der Waals surface area contributed by atoms with Gasteiger partial charge in [0.15, 0.2) is 11.5 Å². The van der Waals surface area contributed by atoms with Gasteiger partial charge in [0.05, 0.1) is 17.9 Å². The number of piperidine rings is 2. The lowest BCUT2D eigenvalue weighted by atomic mass is 9.98. The Hall–Kier alpha value is -2.01. The van der Waals surface area contributed by atoms with Crippen LogP contribution < -0.4 is 9.80 Å². The summed E-state index contributed by atoms with van der Waals surface area (Å²) in [6.07, 6.45) is 1.12. The van der Waals surface area contributed by atoms with E-state index in [-0.39, 0.29) is 43.3 Å². The van der Waals surface area contributed by atoms with Crippen LogP contribution in [0.4, 0.5) is 20.3 Å². The highest BCUT2D eigenvalue weighted by Crippen LogP contribution is 2.37. The zero-order valence-electron chi connectivity index (χ0n) is 13.5. The first-order valence-corrected chi connectivity index (χ1v) is 8.28. The normalized spacial score (nSPS) is 31.3. The van der Waals surface area contributed by atoms with Crippen molar-refractivity contribution in [3.05, 3.63) is 11.8 Å². The van der Waals surface area contributed by atoms with Crippen LogP contribution in [0.25, 0.3) is 0 Å². The summed E-state index contributed by atoms with van der Waals surface area (Å²) in [7, 11) is 0. The maximum atomic E-state index is 13.6. The second-order valence-electron chi connectivity index (χ2n) is 6.92. The number of nitrogens with zero attached hydrogens (tertiary/aromatic N) is 5. The third-order valence-electron chi connectivity index (χ3n) is 5.10. The minimum atomic E-state index is -2.64. The van der Waals surface area contributed by atoms with Crippen LogP contribution >= 0.6 is 0 Å². The van der Waals surface area contributed by atoms with E-state index in [9.17, 15) is 14.0 Å². The molecule has 24 heavy (non-hydrogen) atoms. The molecular formula is C16H19F2N5O. The van der Waals surface area contributed by atoms with Gasteiger partial charge in [-0.05, 0) is 6.92 Å². The molecule has 0 amide bonds. The highest BCUT2D eigenvalue weighted by Gasteiger charge is 2.41. The van der Waals surface area contributed by atoms with Gasteiger partial charge in [0.25, 0.3) is 5.92 Å². The van der Waals surface area contributed by atoms with Gasteiger partial charge in [-0.25, -0.2) is 8.78 Å². The molecule has 0 spiro atoms. The minimum Gasteiger partial charge on any atom is -0.371 e. The minimum absolute atomic E-state index is 0.189. The van der Waals surface area contributed by atoms with Crippen LogP contribution in [-0.2, 0) is 4.74 Å². The van der Waals surface area contributed by atoms with Crippen molar-refractivity contribution in [3.63, 3.8) is 0 Å². The molecule has 128 valence electrons. The molecule has 0 radical (unpaired) electrons. The summed E-state index contributed by atoms with van der Waals surface area (Å²) < 4.78 is 32.8. The van der Waals surface area contributed by atoms with E-state index in [1.165, 1.54) is 0 Å². The molecule has 1 aromatic rings. The molecule has 5 rings (SSSR count). The molecule has 0 N–H and O–H groups in total. The van der Waals surface area contributed by atoms with Crippen LogP contribution in [0.2, 0.25) is 0 Å². The number of anilines is 2. The monoisotopic (exact) mass is 335 g/mol. The van der Waals surface area contributed by atoms with Gasteiger partial charge in [-0.2, -0.15) is 5.26 Å². The Kier molecular flexibility index (Phi) is 3.57. The summed E-state index contributed by atoms with van der Waals surface area (Å²) in [6, 6.07) is 3.50. The third-order valence-corrected chi connectivity index (χ3v) is 5.10. The molecule has 8 heteroatoms. The Morgan fingerprint density at radius 2 is 2.04 bits per heavy atom. The Bertz CT molecular complexity index is 676. The summed E-state index contributed by atoms with van der Waals surface area (Å²) in [5.74, 6) is -1.95. The Morgan fingerprint density at radius 3 is 2.67 bits per heavy atom. The van der Waals surface area contributed by atoms with Crippen molar-refractivity contribution in [2.75, 3.05) is 29.4 Å². The smallest absolute Gasteiger partial charge is 0.251 e. The molecule has 0 aliphatic carbocycles. The van der Waals surface area contributed by atoms with Crippen LogP contribution in [-0.4, -0.2) is 54.0 Å². The molecular weight excluding hydrogens is 316 g/mol. The van der Waals surface area contributed by atoms with E-state index in [0.717, 1.165) is 19.5 Å². The lowest BCUT2D eigenvalue weighted by molar-refractivity contribution is -0.133. The molecule has 4 aliphatic rings. The lowest BCUT2D eigenvalue weighted by Crippen LogP contribution is -2.57. The van der Waals surface area contributed by atoms with Gasteiger partial charge < -0.3 is 14.5 Å². The zero-order valence-corrected chi connectivity index (χ0v) is 13.5. The highest BCUT2D eigenvalue weighted by molar-refractivity contribution is 5.62. The summed E-state index contributed by atoms with van der Waals surface area (Å²) >= 11 is 0. The number of morpholine rings is 1. The summed E-state index contributed by atoms with van der Waals surface area (Å²) in [5.41, 5.74) is 0.792. The van der Waals surface area contributed by atoms with E-state index in [1.54, 1.807) is 6.92 Å². The molecule has 0 aromatic carbocycles. The first-order chi connectivity index (χ1) is 11.4. The van der Waals surface area contributed by atoms with Crippen LogP contribution in [0.5, 0.6) is 0 Å². The number of aromatic nitrogens is 2. The van der Waals surface area contributed by atoms with Gasteiger partial charge in [-0.3, -0.25) is 0 Å². The zero-order chi connectivity index (χ0) is 16.9. The van der Waals surface area contributed by atoms with E-state index >= 15 is 0 Å². The maximum absolute atomic E-state index is 13.6. The molecule has 3 unspecified atom stereocenters. The molecule has 0 saturated carbocycles. The van der Waals surface area contributed by atoms with E-state index < -0.39 is 5.92 Å². The number of alkyl halides is 2. The fraction of sp³-hybridized carbons (Fsp3) is 0.688. The van der Waals surface area contributed by atoms with E-state index in [0.29, 0.717) is 11.5 Å². The quantitative estimate of drug-likeness (QED) is 0.823. The number of fused-ring (bicyclic) bond motifs is 2. The van der Waals surface area contributed by atoms with Crippen molar-refractivity contribution in [1.29, 1.82) is 5.26 Å². The van der Waals surface area contributed by atoms with Crippen LogP contribution in [0.3, 0.4) is 0 Å². The first-order valence-electron chi connectivity index (χ1n) is 8.28. The predicted octanol–water partition coefficient (Wildman–Crippen LogP) is 1.95. The fourth-order valence-corrected chi connectivity index (χ4v) is 3.87. The molecule has 4 fully saturated rings. The second kappa shape index (κ2) is 5.52. The van der Waals surface area contributed by atoms with Crippen LogP contribution in [0, 0.1) is 11.3 Å². The average molecular weight is 335 g/mol. The fourth-order valence-electron chi connectivity index (χ4n) is 3.87. The summed E-state index contributed by atoms with van der Waals surface area (Å²) in [5, 5.41) is 17.5. The van der Waals surface area contributed by atoms with Gasteiger partial charge in [-0.15, -0.1) is 10.2 Å². The van der Waals surface area contributed by atoms with E-state index in [4.69, 9.17) is 4.74 Å². The average Bonchev–Trinajstić information content (AvgIpc) is 2.53. The molecule has 4 saturated heterocycles.